The standard InChI is InChI=1S/C7H5N2O2/c1-2-3-5-4-8-7(11)9-6(5)10/h4H,1H3,(H,9,10,11). The number of hydrogen-bond acceptors (Lipinski definition) is 2. The van der Waals surface area contributed by atoms with Crippen LogP contribution in [-0.4, -0.2) is 11.9 Å². The highest BCUT2D eigenvalue weighted by atomic mass is 16.2. The number of nitrogens with one attached hydrogen (secondary N) is 1. The number of imide groups is 1. The van der Waals surface area contributed by atoms with Crippen LogP contribution in [-0.2, 0) is 4.79 Å². The molecule has 0 saturated carbocycles. The molecule has 1 aliphatic heterocycles. The molecule has 1 aliphatic rings. The smallest absolute Gasteiger partial charge is 0.271 e. The van der Waals surface area contributed by atoms with Gasteiger partial charge in [0.2, 0.25) is 0 Å². The summed E-state index contributed by atoms with van der Waals surface area (Å²) < 4.78 is 0. The molecule has 0 aliphatic carbocycles. The zero-order chi connectivity index (χ0) is 8.27. The van der Waals surface area contributed by atoms with Crippen molar-refractivity contribution in [2.75, 3.05) is 0 Å². The fourth-order valence-corrected chi connectivity index (χ4v) is 0.602. The summed E-state index contributed by atoms with van der Waals surface area (Å²) in [5.41, 5.74) is 0.215. The highest BCUT2D eigenvalue weighted by molar-refractivity contribution is 6.09. The SMILES string of the molecule is CC#CC1=C[N]C(=O)NC1=O. The van der Waals surface area contributed by atoms with Gasteiger partial charge in [0.05, 0.1) is 6.20 Å². The molecule has 0 bridgehead atoms. The molecule has 0 saturated heterocycles. The van der Waals surface area contributed by atoms with E-state index in [4.69, 9.17) is 0 Å². The van der Waals surface area contributed by atoms with Gasteiger partial charge in [-0.05, 0) is 6.92 Å². The van der Waals surface area contributed by atoms with Gasteiger partial charge in [-0.1, -0.05) is 5.92 Å². The Kier molecular flexibility index (Phi) is 1.93. The molecule has 1 N–H and O–H groups in total. The topological polar surface area (TPSA) is 60.3 Å². The van der Waals surface area contributed by atoms with Crippen molar-refractivity contribution in [3.05, 3.63) is 11.8 Å². The third-order valence-corrected chi connectivity index (χ3v) is 1.04. The van der Waals surface area contributed by atoms with Crippen LogP contribution in [0.2, 0.25) is 0 Å². The van der Waals surface area contributed by atoms with Crippen LogP contribution >= 0.6 is 0 Å². The lowest BCUT2D eigenvalue weighted by molar-refractivity contribution is -0.116. The van der Waals surface area contributed by atoms with Crippen molar-refractivity contribution < 1.29 is 9.59 Å². The lowest BCUT2D eigenvalue weighted by Gasteiger charge is -2.05. The summed E-state index contributed by atoms with van der Waals surface area (Å²) in [5, 5.41) is 5.34. The van der Waals surface area contributed by atoms with Gasteiger partial charge in [0, 0.05) is 0 Å². The average Bonchev–Trinajstić information content (AvgIpc) is 1.95. The summed E-state index contributed by atoms with van der Waals surface area (Å²) >= 11 is 0. The van der Waals surface area contributed by atoms with Crippen molar-refractivity contribution in [1.29, 1.82) is 0 Å². The van der Waals surface area contributed by atoms with Crippen LogP contribution in [0.15, 0.2) is 11.8 Å². The molecule has 1 heterocycles. The molecule has 0 aromatic rings. The molecule has 1 radical (unpaired) electrons. The highest BCUT2D eigenvalue weighted by Gasteiger charge is 2.16. The first-order valence-electron chi connectivity index (χ1n) is 2.93. The van der Waals surface area contributed by atoms with E-state index in [2.05, 4.69) is 17.2 Å². The van der Waals surface area contributed by atoms with Crippen LogP contribution in [0.4, 0.5) is 4.79 Å². The number of rotatable bonds is 0. The van der Waals surface area contributed by atoms with E-state index >= 15 is 0 Å². The first-order valence-corrected chi connectivity index (χ1v) is 2.93. The maximum Gasteiger partial charge on any atom is 0.347 e. The Morgan fingerprint density at radius 2 is 2.27 bits per heavy atom. The van der Waals surface area contributed by atoms with Gasteiger partial charge in [0.15, 0.2) is 0 Å². The number of urea groups is 1. The Morgan fingerprint density at radius 1 is 1.55 bits per heavy atom. The van der Waals surface area contributed by atoms with Crippen molar-refractivity contribution in [3.63, 3.8) is 0 Å². The van der Waals surface area contributed by atoms with Gasteiger partial charge in [0.1, 0.15) is 5.57 Å². The van der Waals surface area contributed by atoms with Gasteiger partial charge in [-0.3, -0.25) is 10.1 Å². The van der Waals surface area contributed by atoms with E-state index in [0.29, 0.717) is 0 Å². The minimum absolute atomic E-state index is 0.215. The van der Waals surface area contributed by atoms with Crippen molar-refractivity contribution in [2.45, 2.75) is 6.92 Å². The molecule has 1 rings (SSSR count). The minimum atomic E-state index is -0.642. The molecule has 0 fully saturated rings. The van der Waals surface area contributed by atoms with Crippen LogP contribution < -0.4 is 10.6 Å². The Balaban J connectivity index is 2.86. The number of nitrogens with zero attached hydrogens (tertiary/aromatic N) is 1. The lowest BCUT2D eigenvalue weighted by atomic mass is 10.2. The second-order valence-electron chi connectivity index (χ2n) is 1.81. The second-order valence-corrected chi connectivity index (χ2v) is 1.81. The van der Waals surface area contributed by atoms with Crippen LogP contribution in [0.1, 0.15) is 6.92 Å². The summed E-state index contributed by atoms with van der Waals surface area (Å²) in [6.45, 7) is 1.60. The number of carbonyl (C=O) groups excluding carboxylic acids is 2. The quantitative estimate of drug-likeness (QED) is 0.482. The van der Waals surface area contributed by atoms with Gasteiger partial charge in [-0.15, -0.1) is 5.92 Å². The molecule has 4 nitrogen and oxygen atoms in total. The summed E-state index contributed by atoms with van der Waals surface area (Å²) in [5.74, 6) is 4.55. The zero-order valence-electron chi connectivity index (χ0n) is 5.84. The first-order chi connectivity index (χ1) is 5.24. The predicted octanol–water partition coefficient (Wildman–Crippen LogP) is -0.252. The van der Waals surface area contributed by atoms with Crippen molar-refractivity contribution in [2.24, 2.45) is 0 Å². The van der Waals surface area contributed by atoms with Crippen LogP contribution in [0, 0.1) is 11.8 Å². The number of hydrogen-bond donors (Lipinski definition) is 1. The molecule has 0 unspecified atom stereocenters. The summed E-state index contributed by atoms with van der Waals surface area (Å²) in [6, 6.07) is -0.642. The number of amides is 3. The predicted molar refractivity (Wildman–Crippen MR) is 37.2 cm³/mol. The summed E-state index contributed by atoms with van der Waals surface area (Å²) in [4.78, 5) is 21.3. The molecule has 11 heavy (non-hydrogen) atoms. The normalized spacial score (nSPS) is 15.5. The second kappa shape index (κ2) is 2.88. The Hall–Kier alpha value is -1.76. The van der Waals surface area contributed by atoms with Gasteiger partial charge in [-0.25, -0.2) is 10.1 Å². The van der Waals surface area contributed by atoms with Crippen LogP contribution in [0.25, 0.3) is 0 Å². The lowest BCUT2D eigenvalue weighted by Crippen LogP contribution is -2.38. The third-order valence-electron chi connectivity index (χ3n) is 1.04. The van der Waals surface area contributed by atoms with Crippen LogP contribution in [0.5, 0.6) is 0 Å². The summed E-state index contributed by atoms with van der Waals surface area (Å²) in [6.07, 6.45) is 1.16. The van der Waals surface area contributed by atoms with Gasteiger partial charge in [-0.2, -0.15) is 0 Å². The minimum Gasteiger partial charge on any atom is -0.271 e. The van der Waals surface area contributed by atoms with Gasteiger partial charge in [0.25, 0.3) is 5.91 Å². The zero-order valence-corrected chi connectivity index (χ0v) is 5.84. The molecule has 4 heteroatoms. The molecule has 3 amide bonds. The third kappa shape index (κ3) is 1.58. The van der Waals surface area contributed by atoms with E-state index < -0.39 is 11.9 Å². The van der Waals surface area contributed by atoms with E-state index in [1.165, 1.54) is 0 Å². The van der Waals surface area contributed by atoms with Crippen LogP contribution in [0.3, 0.4) is 0 Å². The Labute approximate surface area is 63.7 Å². The largest absolute Gasteiger partial charge is 0.347 e. The number of carbonyl (C=O) groups is 2. The van der Waals surface area contributed by atoms with Crippen molar-refractivity contribution in [3.8, 4) is 11.8 Å². The van der Waals surface area contributed by atoms with E-state index in [0.717, 1.165) is 6.20 Å². The average molecular weight is 149 g/mol. The first kappa shape index (κ1) is 7.35. The van der Waals surface area contributed by atoms with Crippen molar-refractivity contribution >= 4 is 11.9 Å². The molecular formula is C7H5N2O2. The van der Waals surface area contributed by atoms with E-state index in [1.54, 1.807) is 6.92 Å². The van der Waals surface area contributed by atoms with E-state index in [9.17, 15) is 9.59 Å². The molecule has 0 aromatic heterocycles. The maximum atomic E-state index is 10.8. The fourth-order valence-electron chi connectivity index (χ4n) is 0.602. The Morgan fingerprint density at radius 3 is 2.82 bits per heavy atom. The van der Waals surface area contributed by atoms with Gasteiger partial charge < -0.3 is 0 Å². The molecule has 0 aromatic carbocycles. The molecule has 55 valence electrons. The van der Waals surface area contributed by atoms with E-state index in [-0.39, 0.29) is 5.57 Å². The van der Waals surface area contributed by atoms with Crippen molar-refractivity contribution in [1.82, 2.24) is 10.6 Å². The maximum absolute atomic E-state index is 10.8. The molecule has 0 spiro atoms. The summed E-state index contributed by atoms with van der Waals surface area (Å²) in [7, 11) is 0. The molecule has 0 atom stereocenters. The van der Waals surface area contributed by atoms with Gasteiger partial charge >= 0.3 is 6.03 Å². The Bertz CT molecular complexity index is 293. The van der Waals surface area contributed by atoms with E-state index in [1.807, 2.05) is 5.32 Å². The fraction of sp³-hybridized carbons (Fsp3) is 0.143. The molecular weight excluding hydrogens is 144 g/mol. The monoisotopic (exact) mass is 149 g/mol. The highest BCUT2D eigenvalue weighted by Crippen LogP contribution is 1.95.